The Hall–Kier alpha value is -3.19. The van der Waals surface area contributed by atoms with E-state index in [0.717, 1.165) is 23.4 Å². The van der Waals surface area contributed by atoms with Crippen molar-refractivity contribution in [3.63, 3.8) is 0 Å². The van der Waals surface area contributed by atoms with Crippen LogP contribution in [0, 0.1) is 6.92 Å². The van der Waals surface area contributed by atoms with Crippen LogP contribution >= 0.6 is 0 Å². The highest BCUT2D eigenvalue weighted by Gasteiger charge is 2.35. The van der Waals surface area contributed by atoms with Gasteiger partial charge in [-0.2, -0.15) is 0 Å². The number of hydrogen-bond donors (Lipinski definition) is 0. The van der Waals surface area contributed by atoms with Crippen LogP contribution in [-0.2, 0) is 6.54 Å². The van der Waals surface area contributed by atoms with Crippen molar-refractivity contribution in [3.05, 3.63) is 65.5 Å². The molecule has 0 radical (unpaired) electrons. The lowest BCUT2D eigenvalue weighted by atomic mass is 10.1. The Morgan fingerprint density at radius 2 is 1.79 bits per heavy atom. The monoisotopic (exact) mass is 392 g/mol. The van der Waals surface area contributed by atoms with Crippen molar-refractivity contribution in [1.29, 1.82) is 0 Å². The number of ether oxygens (including phenoxy) is 1. The highest BCUT2D eigenvalue weighted by molar-refractivity contribution is 5.90. The minimum absolute atomic E-state index is 0.00654. The molecule has 29 heavy (non-hydrogen) atoms. The quantitative estimate of drug-likeness (QED) is 0.642. The lowest BCUT2D eigenvalue weighted by Gasteiger charge is -2.38. The second-order valence-corrected chi connectivity index (χ2v) is 7.61. The van der Waals surface area contributed by atoms with Crippen LogP contribution in [-0.4, -0.2) is 59.2 Å². The molecule has 0 N–H and O–H groups in total. The van der Waals surface area contributed by atoms with Crippen molar-refractivity contribution >= 4 is 5.91 Å². The van der Waals surface area contributed by atoms with Crippen LogP contribution in [0.3, 0.4) is 0 Å². The molecule has 1 fully saturated rings. The van der Waals surface area contributed by atoms with Crippen molar-refractivity contribution in [2.24, 2.45) is 0 Å². The van der Waals surface area contributed by atoms with Gasteiger partial charge in [-0.3, -0.25) is 4.79 Å². The molecule has 150 valence electrons. The highest BCUT2D eigenvalue weighted by atomic mass is 16.5. The fraction of sp³-hybridized carbons (Fsp3) is 0.318. The van der Waals surface area contributed by atoms with Crippen LogP contribution in [0.15, 0.2) is 52.9 Å². The summed E-state index contributed by atoms with van der Waals surface area (Å²) in [5.41, 5.74) is 3.17. The van der Waals surface area contributed by atoms with E-state index < -0.39 is 0 Å². The average molecular weight is 392 g/mol. The number of hydrogen-bond acceptors (Lipinski definition) is 6. The lowest BCUT2D eigenvalue weighted by Crippen LogP contribution is -2.56. The van der Waals surface area contributed by atoms with Gasteiger partial charge in [-0.1, -0.05) is 29.8 Å². The summed E-state index contributed by atoms with van der Waals surface area (Å²) in [5.74, 6) is 0.896. The number of amides is 1. The van der Waals surface area contributed by atoms with Gasteiger partial charge < -0.3 is 19.0 Å². The summed E-state index contributed by atoms with van der Waals surface area (Å²) in [5, 5.41) is 7.90. The summed E-state index contributed by atoms with van der Waals surface area (Å²) in [6, 6.07) is 15.8. The first-order chi connectivity index (χ1) is 14.0. The van der Waals surface area contributed by atoms with Crippen LogP contribution in [0.5, 0.6) is 5.75 Å². The molecular formula is C22H24N4O3. The molecule has 7 heteroatoms. The smallest absolute Gasteiger partial charge is 0.311 e. The first-order valence-corrected chi connectivity index (χ1v) is 9.58. The molecule has 7 nitrogen and oxygen atoms in total. The third-order valence-electron chi connectivity index (χ3n) is 4.77. The number of aryl methyl sites for hydroxylation is 1. The fourth-order valence-corrected chi connectivity index (χ4v) is 3.17. The summed E-state index contributed by atoms with van der Waals surface area (Å²) in [6.07, 6.45) is -0.0295. The van der Waals surface area contributed by atoms with Crippen LogP contribution in [0.25, 0.3) is 11.5 Å². The number of carbonyl (C=O) groups is 1. The van der Waals surface area contributed by atoms with Crippen molar-refractivity contribution in [3.8, 4) is 17.2 Å². The topological polar surface area (TPSA) is 71.7 Å². The van der Waals surface area contributed by atoms with Crippen LogP contribution in [0.4, 0.5) is 0 Å². The van der Waals surface area contributed by atoms with E-state index in [9.17, 15) is 4.79 Å². The summed E-state index contributed by atoms with van der Waals surface area (Å²) >= 11 is 0. The zero-order chi connectivity index (χ0) is 20.4. The van der Waals surface area contributed by atoms with E-state index in [1.165, 1.54) is 5.56 Å². The maximum Gasteiger partial charge on any atom is 0.311 e. The van der Waals surface area contributed by atoms with E-state index in [2.05, 4.69) is 27.2 Å². The largest absolute Gasteiger partial charge is 0.487 e. The molecule has 3 aromatic rings. The van der Waals surface area contributed by atoms with E-state index in [1.807, 2.05) is 57.4 Å². The first-order valence-electron chi connectivity index (χ1n) is 9.58. The minimum atomic E-state index is -0.267. The molecule has 0 unspecified atom stereocenters. The number of likely N-dealkylation sites (tertiary alicyclic amines) is 1. The molecule has 1 aliphatic rings. The van der Waals surface area contributed by atoms with Gasteiger partial charge in [-0.25, -0.2) is 0 Å². The van der Waals surface area contributed by atoms with Gasteiger partial charge in [-0.15, -0.1) is 10.2 Å². The Kier molecular flexibility index (Phi) is 5.31. The maximum absolute atomic E-state index is 12.5. The lowest BCUT2D eigenvalue weighted by molar-refractivity contribution is 0.0150. The van der Waals surface area contributed by atoms with E-state index in [-0.39, 0.29) is 17.9 Å². The summed E-state index contributed by atoms with van der Waals surface area (Å²) < 4.78 is 11.5. The molecule has 0 saturated carbocycles. The molecular weight excluding hydrogens is 368 g/mol. The molecule has 2 heterocycles. The van der Waals surface area contributed by atoms with Crippen molar-refractivity contribution in [2.45, 2.75) is 19.6 Å². The van der Waals surface area contributed by atoms with Gasteiger partial charge in [0.25, 0.3) is 0 Å². The molecule has 0 atom stereocenters. The second kappa shape index (κ2) is 8.05. The first kappa shape index (κ1) is 19.1. The third-order valence-corrected chi connectivity index (χ3v) is 4.77. The second-order valence-electron chi connectivity index (χ2n) is 7.61. The number of benzene rings is 2. The van der Waals surface area contributed by atoms with Gasteiger partial charge in [0.05, 0.1) is 13.1 Å². The molecule has 0 bridgehead atoms. The number of rotatable bonds is 6. The predicted molar refractivity (Wildman–Crippen MR) is 109 cm³/mol. The van der Waals surface area contributed by atoms with Gasteiger partial charge >= 0.3 is 11.8 Å². The average Bonchev–Trinajstić information content (AvgIpc) is 3.15. The highest BCUT2D eigenvalue weighted by Crippen LogP contribution is 2.22. The maximum atomic E-state index is 12.5. The molecule has 1 saturated heterocycles. The normalized spacial score (nSPS) is 14.1. The van der Waals surface area contributed by atoms with Gasteiger partial charge in [-0.05, 0) is 50.8 Å². The minimum Gasteiger partial charge on any atom is -0.487 e. The molecule has 0 aliphatic carbocycles. The van der Waals surface area contributed by atoms with E-state index in [4.69, 9.17) is 9.15 Å². The van der Waals surface area contributed by atoms with E-state index >= 15 is 0 Å². The molecule has 1 aromatic heterocycles. The van der Waals surface area contributed by atoms with Crippen molar-refractivity contribution in [1.82, 2.24) is 20.0 Å². The number of aromatic nitrogens is 2. The standard InChI is InChI=1S/C22H24N4O3/c1-15-4-8-17(9-5-15)20-23-24-21(29-20)22(27)26-13-19(14-26)28-18-10-6-16(7-11-18)12-25(2)3/h4-11,19H,12-14H2,1-3H3. The Bertz CT molecular complexity index is 974. The van der Waals surface area contributed by atoms with Crippen LogP contribution < -0.4 is 4.74 Å². The number of carbonyl (C=O) groups excluding carboxylic acids is 1. The molecule has 2 aromatic carbocycles. The molecule has 1 aliphatic heterocycles. The summed E-state index contributed by atoms with van der Waals surface area (Å²) in [6.45, 7) is 3.90. The fourth-order valence-electron chi connectivity index (χ4n) is 3.17. The van der Waals surface area contributed by atoms with Gasteiger partial charge in [0.15, 0.2) is 0 Å². The SMILES string of the molecule is Cc1ccc(-c2nnc(C(=O)N3CC(Oc4ccc(CN(C)C)cc4)C3)o2)cc1. The van der Waals surface area contributed by atoms with E-state index in [0.29, 0.717) is 19.0 Å². The Labute approximate surface area is 169 Å². The number of nitrogens with zero attached hydrogens (tertiary/aromatic N) is 4. The van der Waals surface area contributed by atoms with Gasteiger partial charge in [0, 0.05) is 12.1 Å². The van der Waals surface area contributed by atoms with Crippen molar-refractivity contribution < 1.29 is 13.9 Å². The van der Waals surface area contributed by atoms with E-state index in [1.54, 1.807) is 4.90 Å². The Morgan fingerprint density at radius 3 is 2.45 bits per heavy atom. The third kappa shape index (κ3) is 4.46. The Morgan fingerprint density at radius 1 is 1.10 bits per heavy atom. The van der Waals surface area contributed by atoms with Crippen molar-refractivity contribution in [2.75, 3.05) is 27.2 Å². The summed E-state index contributed by atoms with van der Waals surface area (Å²) in [7, 11) is 4.08. The van der Waals surface area contributed by atoms with Gasteiger partial charge in [0.1, 0.15) is 11.9 Å². The zero-order valence-corrected chi connectivity index (χ0v) is 16.8. The van der Waals surface area contributed by atoms with Crippen LogP contribution in [0.2, 0.25) is 0 Å². The van der Waals surface area contributed by atoms with Crippen LogP contribution in [0.1, 0.15) is 21.8 Å². The predicted octanol–water partition coefficient (Wildman–Crippen LogP) is 3.01. The molecule has 0 spiro atoms. The zero-order valence-electron chi connectivity index (χ0n) is 16.8. The summed E-state index contributed by atoms with van der Waals surface area (Å²) in [4.78, 5) is 16.3. The molecule has 4 rings (SSSR count). The van der Waals surface area contributed by atoms with Gasteiger partial charge in [0.2, 0.25) is 5.89 Å². The molecule has 1 amide bonds. The Balaban J connectivity index is 1.31.